The molecule has 2 fully saturated rings. The molecule has 0 unspecified atom stereocenters. The molecule has 2 saturated heterocycles. The SMILES string of the molecule is CCc1cccc(C)c1NC(=O)N1CCN(C(=O)C(=O)N2CCCC2)CC1. The first kappa shape index (κ1) is 19.2. The molecule has 0 aromatic heterocycles. The molecule has 0 aliphatic carbocycles. The predicted molar refractivity (Wildman–Crippen MR) is 104 cm³/mol. The molecule has 146 valence electrons. The van der Waals surface area contributed by atoms with Crippen molar-refractivity contribution in [1.29, 1.82) is 0 Å². The summed E-state index contributed by atoms with van der Waals surface area (Å²) in [5.74, 6) is -0.845. The first-order valence-corrected chi connectivity index (χ1v) is 9.74. The number of para-hydroxylation sites is 1. The minimum atomic E-state index is -0.441. The van der Waals surface area contributed by atoms with Crippen molar-refractivity contribution >= 4 is 23.5 Å². The highest BCUT2D eigenvalue weighted by Gasteiger charge is 2.31. The maximum Gasteiger partial charge on any atom is 0.321 e. The summed E-state index contributed by atoms with van der Waals surface area (Å²) in [6.07, 6.45) is 2.77. The maximum absolute atomic E-state index is 12.6. The molecule has 1 N–H and O–H groups in total. The smallest absolute Gasteiger partial charge is 0.321 e. The van der Waals surface area contributed by atoms with Gasteiger partial charge in [0.1, 0.15) is 0 Å². The van der Waals surface area contributed by atoms with Crippen molar-refractivity contribution in [3.05, 3.63) is 29.3 Å². The highest BCUT2D eigenvalue weighted by molar-refractivity contribution is 6.35. The zero-order valence-corrected chi connectivity index (χ0v) is 16.2. The molecule has 0 bridgehead atoms. The maximum atomic E-state index is 12.6. The Balaban J connectivity index is 1.55. The van der Waals surface area contributed by atoms with Gasteiger partial charge in [0.2, 0.25) is 0 Å². The summed E-state index contributed by atoms with van der Waals surface area (Å²) < 4.78 is 0. The zero-order valence-electron chi connectivity index (χ0n) is 16.2. The summed E-state index contributed by atoms with van der Waals surface area (Å²) in [6.45, 7) is 7.02. The lowest BCUT2D eigenvalue weighted by atomic mass is 10.1. The van der Waals surface area contributed by atoms with E-state index in [4.69, 9.17) is 0 Å². The van der Waals surface area contributed by atoms with E-state index in [2.05, 4.69) is 12.2 Å². The number of amides is 4. The minimum Gasteiger partial charge on any atom is -0.334 e. The molecule has 2 aliphatic heterocycles. The Morgan fingerprint density at radius 3 is 2.04 bits per heavy atom. The van der Waals surface area contributed by atoms with Gasteiger partial charge in [0.25, 0.3) is 0 Å². The molecule has 3 rings (SSSR count). The van der Waals surface area contributed by atoms with Crippen LogP contribution in [0.4, 0.5) is 10.5 Å². The van der Waals surface area contributed by atoms with E-state index < -0.39 is 11.8 Å². The molecule has 2 aliphatic rings. The van der Waals surface area contributed by atoms with Gasteiger partial charge in [-0.1, -0.05) is 25.1 Å². The van der Waals surface area contributed by atoms with Crippen molar-refractivity contribution in [2.45, 2.75) is 33.1 Å². The Bertz CT molecular complexity index is 720. The first-order valence-electron chi connectivity index (χ1n) is 9.74. The average Bonchev–Trinajstić information content (AvgIpc) is 3.23. The number of hydrogen-bond donors (Lipinski definition) is 1. The highest BCUT2D eigenvalue weighted by Crippen LogP contribution is 2.22. The van der Waals surface area contributed by atoms with Gasteiger partial charge in [0.05, 0.1) is 0 Å². The van der Waals surface area contributed by atoms with Crippen LogP contribution in [0.25, 0.3) is 0 Å². The van der Waals surface area contributed by atoms with Crippen LogP contribution in [-0.2, 0) is 16.0 Å². The normalized spacial score (nSPS) is 17.2. The minimum absolute atomic E-state index is 0.156. The topological polar surface area (TPSA) is 73.0 Å². The number of anilines is 1. The number of nitrogens with zero attached hydrogens (tertiary/aromatic N) is 3. The Hall–Kier alpha value is -2.57. The molecule has 1 aromatic rings. The number of benzene rings is 1. The molecule has 27 heavy (non-hydrogen) atoms. The number of hydrogen-bond acceptors (Lipinski definition) is 3. The van der Waals surface area contributed by atoms with Crippen molar-refractivity contribution in [3.63, 3.8) is 0 Å². The number of rotatable bonds is 2. The third-order valence-electron chi connectivity index (χ3n) is 5.40. The molecule has 0 atom stereocenters. The third kappa shape index (κ3) is 4.23. The lowest BCUT2D eigenvalue weighted by Crippen LogP contribution is -2.54. The fourth-order valence-corrected chi connectivity index (χ4v) is 3.69. The molecule has 0 saturated carbocycles. The van der Waals surface area contributed by atoms with Crippen molar-refractivity contribution < 1.29 is 14.4 Å². The molecule has 2 heterocycles. The quantitative estimate of drug-likeness (QED) is 0.806. The van der Waals surface area contributed by atoms with Gasteiger partial charge in [0, 0.05) is 45.0 Å². The van der Waals surface area contributed by atoms with Gasteiger partial charge < -0.3 is 20.0 Å². The molecule has 0 radical (unpaired) electrons. The van der Waals surface area contributed by atoms with Gasteiger partial charge in [-0.05, 0) is 37.3 Å². The number of nitrogens with one attached hydrogen (secondary N) is 1. The van der Waals surface area contributed by atoms with Gasteiger partial charge >= 0.3 is 17.8 Å². The van der Waals surface area contributed by atoms with Crippen LogP contribution in [0.5, 0.6) is 0 Å². The van der Waals surface area contributed by atoms with E-state index in [0.717, 1.165) is 36.1 Å². The average molecular weight is 372 g/mol. The zero-order chi connectivity index (χ0) is 19.4. The van der Waals surface area contributed by atoms with E-state index in [1.807, 2.05) is 25.1 Å². The van der Waals surface area contributed by atoms with Gasteiger partial charge in [-0.2, -0.15) is 0 Å². The number of piperazine rings is 1. The predicted octanol–water partition coefficient (Wildman–Crippen LogP) is 1.86. The van der Waals surface area contributed by atoms with Gasteiger partial charge in [-0.3, -0.25) is 9.59 Å². The number of aryl methyl sites for hydroxylation is 2. The van der Waals surface area contributed by atoms with Crippen molar-refractivity contribution in [3.8, 4) is 0 Å². The van der Waals surface area contributed by atoms with Crippen LogP contribution in [-0.4, -0.2) is 71.8 Å². The van der Waals surface area contributed by atoms with E-state index >= 15 is 0 Å². The molecule has 4 amide bonds. The molecule has 7 heteroatoms. The van der Waals surface area contributed by atoms with Crippen molar-refractivity contribution in [2.75, 3.05) is 44.6 Å². The van der Waals surface area contributed by atoms with Gasteiger partial charge in [0.15, 0.2) is 0 Å². The van der Waals surface area contributed by atoms with Crippen LogP contribution in [0.1, 0.15) is 30.9 Å². The third-order valence-corrected chi connectivity index (χ3v) is 5.40. The molecular formula is C20H28N4O3. The lowest BCUT2D eigenvalue weighted by molar-refractivity contribution is -0.152. The summed E-state index contributed by atoms with van der Waals surface area (Å²) in [5, 5.41) is 3.02. The highest BCUT2D eigenvalue weighted by atomic mass is 16.2. The summed E-state index contributed by atoms with van der Waals surface area (Å²) in [5.41, 5.74) is 3.01. The van der Waals surface area contributed by atoms with E-state index in [1.165, 1.54) is 0 Å². The van der Waals surface area contributed by atoms with Crippen molar-refractivity contribution in [1.82, 2.24) is 14.7 Å². The second-order valence-electron chi connectivity index (χ2n) is 7.17. The largest absolute Gasteiger partial charge is 0.334 e. The Labute approximate surface area is 160 Å². The lowest BCUT2D eigenvalue weighted by Gasteiger charge is -2.35. The number of likely N-dealkylation sites (tertiary alicyclic amines) is 1. The molecule has 0 spiro atoms. The Morgan fingerprint density at radius 1 is 0.889 bits per heavy atom. The number of carbonyl (C=O) groups excluding carboxylic acids is 3. The molecule has 7 nitrogen and oxygen atoms in total. The first-order chi connectivity index (χ1) is 13.0. The summed E-state index contributed by atoms with van der Waals surface area (Å²) in [6, 6.07) is 5.83. The van der Waals surface area contributed by atoms with Crippen molar-refractivity contribution in [2.24, 2.45) is 0 Å². The van der Waals surface area contributed by atoms with Gasteiger partial charge in [-0.25, -0.2) is 4.79 Å². The van der Waals surface area contributed by atoms with Crippen LogP contribution >= 0.6 is 0 Å². The van der Waals surface area contributed by atoms with Crippen LogP contribution in [0, 0.1) is 6.92 Å². The standard InChI is InChI=1S/C20H28N4O3/c1-3-16-8-6-7-15(2)17(16)21-20(27)24-13-11-23(12-14-24)19(26)18(25)22-9-4-5-10-22/h6-8H,3-5,9-14H2,1-2H3,(H,21,27). The summed E-state index contributed by atoms with van der Waals surface area (Å²) >= 11 is 0. The summed E-state index contributed by atoms with van der Waals surface area (Å²) in [4.78, 5) is 42.2. The van der Waals surface area contributed by atoms with Crippen LogP contribution < -0.4 is 5.32 Å². The van der Waals surface area contributed by atoms with Crippen LogP contribution in [0.2, 0.25) is 0 Å². The van der Waals surface area contributed by atoms with Gasteiger partial charge in [-0.15, -0.1) is 0 Å². The van der Waals surface area contributed by atoms with E-state index in [-0.39, 0.29) is 6.03 Å². The number of urea groups is 1. The second-order valence-corrected chi connectivity index (χ2v) is 7.17. The van der Waals surface area contributed by atoms with E-state index in [9.17, 15) is 14.4 Å². The summed E-state index contributed by atoms with van der Waals surface area (Å²) in [7, 11) is 0. The van der Waals surface area contributed by atoms with Crippen LogP contribution in [0.3, 0.4) is 0 Å². The van der Waals surface area contributed by atoms with Crippen LogP contribution in [0.15, 0.2) is 18.2 Å². The number of carbonyl (C=O) groups is 3. The monoisotopic (exact) mass is 372 g/mol. The molecular weight excluding hydrogens is 344 g/mol. The second kappa shape index (κ2) is 8.41. The van der Waals surface area contributed by atoms with E-state index in [0.29, 0.717) is 39.3 Å². The fraction of sp³-hybridized carbons (Fsp3) is 0.550. The van der Waals surface area contributed by atoms with E-state index in [1.54, 1.807) is 14.7 Å². The fourth-order valence-electron chi connectivity index (χ4n) is 3.69. The Kier molecular flexibility index (Phi) is 5.98. The Morgan fingerprint density at radius 2 is 1.44 bits per heavy atom. The molecule has 1 aromatic carbocycles.